The third-order valence-electron chi connectivity index (χ3n) is 3.40. The highest BCUT2D eigenvalue weighted by atomic mass is 15.4. The van der Waals surface area contributed by atoms with Gasteiger partial charge in [-0.3, -0.25) is 0 Å². The summed E-state index contributed by atoms with van der Waals surface area (Å²) in [6, 6.07) is 9.94. The minimum atomic E-state index is -0.0507. The topological polar surface area (TPSA) is 60.6 Å². The van der Waals surface area contributed by atoms with Crippen LogP contribution in [0.2, 0.25) is 0 Å². The largest absolute Gasteiger partial charge is 0.336 e. The zero-order chi connectivity index (χ0) is 14.7. The predicted molar refractivity (Wildman–Crippen MR) is 80.1 cm³/mol. The number of para-hydroxylation sites is 1. The molecule has 108 valence electrons. The van der Waals surface area contributed by atoms with Crippen molar-refractivity contribution in [3.05, 3.63) is 60.4 Å². The third-order valence-corrected chi connectivity index (χ3v) is 3.40. The van der Waals surface area contributed by atoms with Crippen molar-refractivity contribution in [2.75, 3.05) is 6.54 Å². The Hall–Kier alpha value is -2.47. The van der Waals surface area contributed by atoms with Crippen LogP contribution in [0.4, 0.5) is 0 Å². The molecule has 0 aliphatic rings. The second kappa shape index (κ2) is 5.88. The molecule has 21 heavy (non-hydrogen) atoms. The quantitative estimate of drug-likeness (QED) is 0.774. The lowest BCUT2D eigenvalue weighted by Crippen LogP contribution is -2.27. The molecule has 0 aliphatic carbocycles. The molecule has 0 fully saturated rings. The third kappa shape index (κ3) is 2.57. The van der Waals surface area contributed by atoms with E-state index in [-0.39, 0.29) is 6.04 Å². The van der Waals surface area contributed by atoms with Gasteiger partial charge in [-0.15, -0.1) is 5.10 Å². The SMILES string of the molecule is CCNC(c1nccn1C)c1cnnn1-c1ccccc1. The van der Waals surface area contributed by atoms with Gasteiger partial charge in [0.1, 0.15) is 11.9 Å². The van der Waals surface area contributed by atoms with Crippen LogP contribution in [0.1, 0.15) is 24.5 Å². The first-order valence-electron chi connectivity index (χ1n) is 6.98. The smallest absolute Gasteiger partial charge is 0.131 e. The molecule has 1 unspecified atom stereocenters. The molecule has 3 aromatic rings. The van der Waals surface area contributed by atoms with Crippen molar-refractivity contribution in [1.82, 2.24) is 29.9 Å². The van der Waals surface area contributed by atoms with Gasteiger partial charge in [-0.2, -0.15) is 0 Å². The van der Waals surface area contributed by atoms with Crippen LogP contribution < -0.4 is 5.32 Å². The van der Waals surface area contributed by atoms with Crippen LogP contribution in [-0.2, 0) is 7.05 Å². The van der Waals surface area contributed by atoms with Crippen LogP contribution in [0.25, 0.3) is 5.69 Å². The van der Waals surface area contributed by atoms with Crippen molar-refractivity contribution >= 4 is 0 Å². The molecule has 0 bridgehead atoms. The molecule has 1 atom stereocenters. The van der Waals surface area contributed by atoms with Crippen LogP contribution in [0.3, 0.4) is 0 Å². The van der Waals surface area contributed by atoms with E-state index in [1.807, 2.05) is 52.8 Å². The average molecular weight is 282 g/mol. The maximum Gasteiger partial charge on any atom is 0.131 e. The fraction of sp³-hybridized carbons (Fsp3) is 0.267. The first-order valence-corrected chi connectivity index (χ1v) is 6.98. The summed E-state index contributed by atoms with van der Waals surface area (Å²) in [7, 11) is 1.99. The first kappa shape index (κ1) is 13.5. The molecule has 0 amide bonds. The molecule has 1 N–H and O–H groups in total. The van der Waals surface area contributed by atoms with Gasteiger partial charge in [-0.1, -0.05) is 30.3 Å². The first-order chi connectivity index (χ1) is 10.3. The number of rotatable bonds is 5. The predicted octanol–water partition coefficient (Wildman–Crippen LogP) is 1.70. The number of hydrogen-bond donors (Lipinski definition) is 1. The molecule has 3 rings (SSSR count). The summed E-state index contributed by atoms with van der Waals surface area (Å²) in [6.45, 7) is 2.91. The van der Waals surface area contributed by atoms with Crippen molar-refractivity contribution in [3.8, 4) is 5.69 Å². The summed E-state index contributed by atoms with van der Waals surface area (Å²) in [4.78, 5) is 4.46. The highest BCUT2D eigenvalue weighted by molar-refractivity contribution is 5.33. The number of nitrogens with one attached hydrogen (secondary N) is 1. The Balaban J connectivity index is 2.06. The van der Waals surface area contributed by atoms with Crippen LogP contribution in [-0.4, -0.2) is 31.1 Å². The van der Waals surface area contributed by atoms with Crippen molar-refractivity contribution in [1.29, 1.82) is 0 Å². The van der Waals surface area contributed by atoms with Gasteiger partial charge in [-0.25, -0.2) is 9.67 Å². The molecule has 0 radical (unpaired) electrons. The van der Waals surface area contributed by atoms with E-state index in [1.165, 1.54) is 0 Å². The molecule has 0 saturated heterocycles. The van der Waals surface area contributed by atoms with Crippen molar-refractivity contribution in [2.45, 2.75) is 13.0 Å². The summed E-state index contributed by atoms with van der Waals surface area (Å²) in [5.74, 6) is 0.941. The van der Waals surface area contributed by atoms with Crippen molar-refractivity contribution in [3.63, 3.8) is 0 Å². The second-order valence-electron chi connectivity index (χ2n) is 4.79. The molecular weight excluding hydrogens is 264 g/mol. The fourth-order valence-electron chi connectivity index (χ4n) is 2.40. The Kier molecular flexibility index (Phi) is 3.79. The number of imidazole rings is 1. The highest BCUT2D eigenvalue weighted by Gasteiger charge is 2.22. The van der Waals surface area contributed by atoms with E-state index in [0.717, 1.165) is 23.8 Å². The number of aryl methyl sites for hydroxylation is 1. The minimum absolute atomic E-state index is 0.0507. The highest BCUT2D eigenvalue weighted by Crippen LogP contribution is 2.21. The summed E-state index contributed by atoms with van der Waals surface area (Å²) < 4.78 is 3.86. The van der Waals surface area contributed by atoms with E-state index in [4.69, 9.17) is 0 Å². The summed E-state index contributed by atoms with van der Waals surface area (Å²) in [5, 5.41) is 11.8. The van der Waals surface area contributed by atoms with Gasteiger partial charge < -0.3 is 9.88 Å². The van der Waals surface area contributed by atoms with Crippen LogP contribution in [0.5, 0.6) is 0 Å². The van der Waals surface area contributed by atoms with E-state index in [1.54, 1.807) is 12.4 Å². The minimum Gasteiger partial charge on any atom is -0.336 e. The Morgan fingerprint density at radius 3 is 2.71 bits per heavy atom. The van der Waals surface area contributed by atoms with E-state index in [9.17, 15) is 0 Å². The maximum absolute atomic E-state index is 4.46. The number of aromatic nitrogens is 5. The Morgan fingerprint density at radius 1 is 1.24 bits per heavy atom. The Bertz CT molecular complexity index is 700. The summed E-state index contributed by atoms with van der Waals surface area (Å²) in [6.07, 6.45) is 5.53. The summed E-state index contributed by atoms with van der Waals surface area (Å²) in [5.41, 5.74) is 1.96. The number of nitrogens with zero attached hydrogens (tertiary/aromatic N) is 5. The van der Waals surface area contributed by atoms with Gasteiger partial charge in [0.15, 0.2) is 0 Å². The zero-order valence-electron chi connectivity index (χ0n) is 12.1. The normalized spacial score (nSPS) is 12.5. The zero-order valence-corrected chi connectivity index (χ0v) is 12.1. The lowest BCUT2D eigenvalue weighted by molar-refractivity contribution is 0.548. The van der Waals surface area contributed by atoms with E-state index >= 15 is 0 Å². The molecule has 0 spiro atoms. The summed E-state index contributed by atoms with van der Waals surface area (Å²) >= 11 is 0. The van der Waals surface area contributed by atoms with E-state index < -0.39 is 0 Å². The monoisotopic (exact) mass is 282 g/mol. The van der Waals surface area contributed by atoms with Crippen LogP contribution >= 0.6 is 0 Å². The van der Waals surface area contributed by atoms with Gasteiger partial charge >= 0.3 is 0 Å². The van der Waals surface area contributed by atoms with Gasteiger partial charge in [0.05, 0.1) is 17.6 Å². The number of hydrogen-bond acceptors (Lipinski definition) is 4. The molecule has 0 saturated carbocycles. The van der Waals surface area contributed by atoms with E-state index in [0.29, 0.717) is 0 Å². The van der Waals surface area contributed by atoms with Gasteiger partial charge in [-0.05, 0) is 18.7 Å². The molecular formula is C15H18N6. The Morgan fingerprint density at radius 2 is 2.05 bits per heavy atom. The lowest BCUT2D eigenvalue weighted by atomic mass is 10.2. The molecule has 6 heteroatoms. The maximum atomic E-state index is 4.46. The van der Waals surface area contributed by atoms with E-state index in [2.05, 4.69) is 27.5 Å². The van der Waals surface area contributed by atoms with Crippen LogP contribution in [0, 0.1) is 0 Å². The average Bonchev–Trinajstić information content (AvgIpc) is 3.15. The Labute approximate surface area is 123 Å². The fourth-order valence-corrected chi connectivity index (χ4v) is 2.40. The van der Waals surface area contributed by atoms with Gasteiger partial charge in [0, 0.05) is 19.4 Å². The van der Waals surface area contributed by atoms with Gasteiger partial charge in [0.2, 0.25) is 0 Å². The van der Waals surface area contributed by atoms with Crippen molar-refractivity contribution < 1.29 is 0 Å². The molecule has 1 aromatic carbocycles. The molecule has 2 heterocycles. The molecule has 6 nitrogen and oxygen atoms in total. The number of benzene rings is 1. The van der Waals surface area contributed by atoms with Crippen molar-refractivity contribution in [2.24, 2.45) is 7.05 Å². The molecule has 2 aromatic heterocycles. The second-order valence-corrected chi connectivity index (χ2v) is 4.79. The van der Waals surface area contributed by atoms with Gasteiger partial charge in [0.25, 0.3) is 0 Å². The van der Waals surface area contributed by atoms with Crippen LogP contribution in [0.15, 0.2) is 48.9 Å². The molecule has 0 aliphatic heterocycles. The standard InChI is InChI=1S/C15H18N6/c1-3-16-14(15-17-9-10-20(15)2)13-11-18-19-21(13)12-7-5-4-6-8-12/h4-11,14,16H,3H2,1-2H3. The lowest BCUT2D eigenvalue weighted by Gasteiger charge is -2.18.